The van der Waals surface area contributed by atoms with Gasteiger partial charge in [-0.2, -0.15) is 0 Å². The van der Waals surface area contributed by atoms with Crippen molar-refractivity contribution in [2.24, 2.45) is 10.9 Å². The number of carbonyl (C=O) groups is 1. The molecule has 0 aliphatic carbocycles. The highest BCUT2D eigenvalue weighted by molar-refractivity contribution is 14.0. The number of rotatable bonds is 6. The van der Waals surface area contributed by atoms with Crippen LogP contribution in [0.25, 0.3) is 0 Å². The zero-order valence-electron chi connectivity index (χ0n) is 15.4. The quantitative estimate of drug-likeness (QED) is 0.258. The molecule has 1 aromatic heterocycles. The number of amides is 1. The Labute approximate surface area is 167 Å². The molecule has 0 spiro atoms. The maximum atomic E-state index is 11.8. The minimum Gasteiger partial charge on any atom is -0.459 e. The van der Waals surface area contributed by atoms with Gasteiger partial charge in [0.2, 0.25) is 0 Å². The molecular formula is C17H30IN5O2. The number of likely N-dealkylation sites (tertiary alicyclic amines) is 1. The number of hydrogen-bond donors (Lipinski definition) is 3. The highest BCUT2D eigenvalue weighted by Gasteiger charge is 2.31. The van der Waals surface area contributed by atoms with Gasteiger partial charge >= 0.3 is 0 Å². The molecular weight excluding hydrogens is 433 g/mol. The third-order valence-electron chi connectivity index (χ3n) is 4.36. The Balaban J connectivity index is 0.00000312. The molecule has 2 rings (SSSR count). The van der Waals surface area contributed by atoms with Crippen LogP contribution < -0.4 is 16.0 Å². The Bertz CT molecular complexity index is 547. The first-order chi connectivity index (χ1) is 11.5. The van der Waals surface area contributed by atoms with Crippen molar-refractivity contribution in [3.8, 4) is 0 Å². The van der Waals surface area contributed by atoms with Crippen molar-refractivity contribution in [2.75, 3.05) is 33.2 Å². The Morgan fingerprint density at radius 1 is 1.36 bits per heavy atom. The predicted octanol–water partition coefficient (Wildman–Crippen LogP) is 1.52. The Morgan fingerprint density at radius 3 is 2.64 bits per heavy atom. The molecule has 1 aliphatic rings. The van der Waals surface area contributed by atoms with Gasteiger partial charge in [0.1, 0.15) is 0 Å². The van der Waals surface area contributed by atoms with Crippen molar-refractivity contribution in [3.63, 3.8) is 0 Å². The second-order valence-electron chi connectivity index (χ2n) is 6.51. The number of guanidine groups is 1. The molecule has 0 aromatic carbocycles. The van der Waals surface area contributed by atoms with Gasteiger partial charge in [0, 0.05) is 45.3 Å². The molecule has 8 heteroatoms. The first-order valence-electron chi connectivity index (χ1n) is 8.54. The zero-order chi connectivity index (χ0) is 17.5. The van der Waals surface area contributed by atoms with Crippen LogP contribution in [0.15, 0.2) is 27.8 Å². The van der Waals surface area contributed by atoms with Gasteiger partial charge in [0.05, 0.1) is 6.26 Å². The Kier molecular flexibility index (Phi) is 9.26. The van der Waals surface area contributed by atoms with Crippen LogP contribution in [-0.4, -0.2) is 62.1 Å². The number of carbonyl (C=O) groups excluding carboxylic acids is 1. The number of hydrogen-bond acceptors (Lipinski definition) is 4. The van der Waals surface area contributed by atoms with E-state index in [9.17, 15) is 4.79 Å². The van der Waals surface area contributed by atoms with E-state index in [0.29, 0.717) is 36.9 Å². The summed E-state index contributed by atoms with van der Waals surface area (Å²) in [6.45, 7) is 9.94. The molecule has 7 nitrogen and oxygen atoms in total. The van der Waals surface area contributed by atoms with Crippen LogP contribution in [0, 0.1) is 5.92 Å². The van der Waals surface area contributed by atoms with Crippen molar-refractivity contribution in [3.05, 3.63) is 24.2 Å². The van der Waals surface area contributed by atoms with E-state index in [1.807, 2.05) is 0 Å². The maximum absolute atomic E-state index is 11.8. The number of nitrogens with one attached hydrogen (secondary N) is 3. The van der Waals surface area contributed by atoms with E-state index in [4.69, 9.17) is 4.42 Å². The molecule has 142 valence electrons. The summed E-state index contributed by atoms with van der Waals surface area (Å²) in [6.07, 6.45) is 1.49. The van der Waals surface area contributed by atoms with Crippen LogP contribution in [0.5, 0.6) is 0 Å². The molecule has 2 unspecified atom stereocenters. The predicted molar refractivity (Wildman–Crippen MR) is 111 cm³/mol. The van der Waals surface area contributed by atoms with Crippen molar-refractivity contribution >= 4 is 35.8 Å². The summed E-state index contributed by atoms with van der Waals surface area (Å²) in [6, 6.07) is 4.29. The van der Waals surface area contributed by atoms with E-state index in [1.165, 1.54) is 6.26 Å². The summed E-state index contributed by atoms with van der Waals surface area (Å²) >= 11 is 0. The summed E-state index contributed by atoms with van der Waals surface area (Å²) in [7, 11) is 1.76. The topological polar surface area (TPSA) is 81.9 Å². The van der Waals surface area contributed by atoms with Crippen LogP contribution in [-0.2, 0) is 0 Å². The summed E-state index contributed by atoms with van der Waals surface area (Å²) in [5.41, 5.74) is 0. The highest BCUT2D eigenvalue weighted by Crippen LogP contribution is 2.18. The standard InChI is InChI=1S/C17H29N5O2.HI/c1-12(2)22-10-13(3)14(11-22)21-17(18-4)20-8-7-19-16(23)15-6-5-9-24-15;/h5-6,9,12-14H,7-8,10-11H2,1-4H3,(H,19,23)(H2,18,20,21);1H. The van der Waals surface area contributed by atoms with E-state index in [1.54, 1.807) is 19.2 Å². The van der Waals surface area contributed by atoms with E-state index < -0.39 is 0 Å². The second kappa shape index (κ2) is 10.6. The highest BCUT2D eigenvalue weighted by atomic mass is 127. The van der Waals surface area contributed by atoms with Gasteiger partial charge in [0.25, 0.3) is 5.91 Å². The monoisotopic (exact) mass is 463 g/mol. The van der Waals surface area contributed by atoms with Gasteiger partial charge in [-0.3, -0.25) is 14.7 Å². The normalized spacial score (nSPS) is 21.1. The molecule has 1 fully saturated rings. The van der Waals surface area contributed by atoms with Gasteiger partial charge in [-0.15, -0.1) is 24.0 Å². The fourth-order valence-corrected chi connectivity index (χ4v) is 2.84. The van der Waals surface area contributed by atoms with Crippen LogP contribution >= 0.6 is 24.0 Å². The lowest BCUT2D eigenvalue weighted by Gasteiger charge is -2.22. The van der Waals surface area contributed by atoms with Crippen molar-refractivity contribution < 1.29 is 9.21 Å². The molecule has 2 heterocycles. The average Bonchev–Trinajstić information content (AvgIpc) is 3.20. The minimum absolute atomic E-state index is 0. The molecule has 0 radical (unpaired) electrons. The van der Waals surface area contributed by atoms with Gasteiger partial charge in [0.15, 0.2) is 11.7 Å². The fraction of sp³-hybridized carbons (Fsp3) is 0.647. The number of furan rings is 1. The smallest absolute Gasteiger partial charge is 0.287 e. The number of aliphatic imine (C=N–C) groups is 1. The fourth-order valence-electron chi connectivity index (χ4n) is 2.84. The molecule has 2 atom stereocenters. The van der Waals surface area contributed by atoms with E-state index in [0.717, 1.165) is 19.0 Å². The Morgan fingerprint density at radius 2 is 2.08 bits per heavy atom. The molecule has 1 saturated heterocycles. The molecule has 3 N–H and O–H groups in total. The SMILES string of the molecule is CN=C(NCCNC(=O)c1ccco1)NC1CN(C(C)C)CC1C.I. The number of nitrogens with zero attached hydrogens (tertiary/aromatic N) is 2. The largest absolute Gasteiger partial charge is 0.459 e. The van der Waals surface area contributed by atoms with Gasteiger partial charge in [-0.1, -0.05) is 6.92 Å². The zero-order valence-corrected chi connectivity index (χ0v) is 17.7. The summed E-state index contributed by atoms with van der Waals surface area (Å²) in [5, 5.41) is 9.52. The summed E-state index contributed by atoms with van der Waals surface area (Å²) < 4.78 is 5.05. The third kappa shape index (κ3) is 6.50. The number of halogens is 1. The lowest BCUT2D eigenvalue weighted by Crippen LogP contribution is -2.48. The van der Waals surface area contributed by atoms with Crippen molar-refractivity contribution in [1.29, 1.82) is 0 Å². The first-order valence-corrected chi connectivity index (χ1v) is 8.54. The molecule has 25 heavy (non-hydrogen) atoms. The van der Waals surface area contributed by atoms with E-state index >= 15 is 0 Å². The second-order valence-corrected chi connectivity index (χ2v) is 6.51. The molecule has 1 amide bonds. The molecule has 1 aromatic rings. The van der Waals surface area contributed by atoms with Crippen LogP contribution in [0.3, 0.4) is 0 Å². The lowest BCUT2D eigenvalue weighted by molar-refractivity contribution is 0.0926. The maximum Gasteiger partial charge on any atom is 0.287 e. The summed E-state index contributed by atoms with van der Waals surface area (Å²) in [5.74, 6) is 1.46. The van der Waals surface area contributed by atoms with Crippen LogP contribution in [0.2, 0.25) is 0 Å². The van der Waals surface area contributed by atoms with Crippen molar-refractivity contribution in [1.82, 2.24) is 20.9 Å². The van der Waals surface area contributed by atoms with Crippen LogP contribution in [0.4, 0.5) is 0 Å². The van der Waals surface area contributed by atoms with Gasteiger partial charge in [-0.05, 0) is 31.9 Å². The molecule has 0 saturated carbocycles. The van der Waals surface area contributed by atoms with Crippen LogP contribution in [0.1, 0.15) is 31.3 Å². The first kappa shape index (κ1) is 21.8. The Hall–Kier alpha value is -1.29. The summed E-state index contributed by atoms with van der Waals surface area (Å²) in [4.78, 5) is 18.5. The van der Waals surface area contributed by atoms with E-state index in [-0.39, 0.29) is 29.9 Å². The van der Waals surface area contributed by atoms with Gasteiger partial charge in [-0.25, -0.2) is 0 Å². The third-order valence-corrected chi connectivity index (χ3v) is 4.36. The van der Waals surface area contributed by atoms with Gasteiger partial charge < -0.3 is 20.4 Å². The molecule has 0 bridgehead atoms. The minimum atomic E-state index is -0.207. The average molecular weight is 463 g/mol. The van der Waals surface area contributed by atoms with E-state index in [2.05, 4.69) is 46.6 Å². The molecule has 1 aliphatic heterocycles. The van der Waals surface area contributed by atoms with Crippen molar-refractivity contribution in [2.45, 2.75) is 32.9 Å². The lowest BCUT2D eigenvalue weighted by atomic mass is 10.1.